The van der Waals surface area contributed by atoms with Gasteiger partial charge in [0.1, 0.15) is 11.6 Å². The first-order valence-corrected chi connectivity index (χ1v) is 12.9. The van der Waals surface area contributed by atoms with E-state index in [0.29, 0.717) is 17.4 Å². The molecule has 3 aromatic carbocycles. The number of H-pyrrole nitrogens is 1. The number of hydrogen-bond acceptors (Lipinski definition) is 5. The third-order valence-electron chi connectivity index (χ3n) is 7.41. The van der Waals surface area contributed by atoms with Crippen LogP contribution in [0.25, 0.3) is 22.2 Å². The second-order valence-corrected chi connectivity index (χ2v) is 9.65. The van der Waals surface area contributed by atoms with Crippen molar-refractivity contribution < 1.29 is 9.53 Å². The fourth-order valence-electron chi connectivity index (χ4n) is 5.37. The van der Waals surface area contributed by atoms with Crippen LogP contribution < -0.4 is 15.4 Å². The van der Waals surface area contributed by atoms with Crippen LogP contribution in [-0.4, -0.2) is 53.6 Å². The van der Waals surface area contributed by atoms with Crippen molar-refractivity contribution in [1.29, 1.82) is 0 Å². The van der Waals surface area contributed by atoms with Gasteiger partial charge in [0, 0.05) is 47.7 Å². The van der Waals surface area contributed by atoms with Crippen LogP contribution in [0.2, 0.25) is 0 Å². The molecule has 3 heterocycles. The van der Waals surface area contributed by atoms with Crippen molar-refractivity contribution in [2.75, 3.05) is 37.4 Å². The summed E-state index contributed by atoms with van der Waals surface area (Å²) in [5.41, 5.74) is 6.74. The van der Waals surface area contributed by atoms with Crippen molar-refractivity contribution >= 4 is 39.5 Å². The van der Waals surface area contributed by atoms with Gasteiger partial charge < -0.3 is 25.3 Å². The number of likely N-dealkylation sites (tertiary alicyclic amines) is 1. The number of anilines is 2. The molecule has 37 heavy (non-hydrogen) atoms. The van der Waals surface area contributed by atoms with E-state index in [9.17, 15) is 4.79 Å². The SMILES string of the molecule is CCN1CCC(Nc2ccc3c(c2)/C(=C(\c2ccccc2)c2nc4cc(OC)ccc4[nH]2)C(=O)N3)CC1. The number of imidazole rings is 1. The number of aromatic nitrogens is 2. The smallest absolute Gasteiger partial charge is 0.257 e. The highest BCUT2D eigenvalue weighted by molar-refractivity contribution is 6.38. The Morgan fingerprint density at radius 2 is 1.89 bits per heavy atom. The predicted molar refractivity (Wildman–Crippen MR) is 149 cm³/mol. The number of benzene rings is 3. The van der Waals surface area contributed by atoms with Gasteiger partial charge in [0.15, 0.2) is 0 Å². The van der Waals surface area contributed by atoms with Gasteiger partial charge in [-0.3, -0.25) is 4.79 Å². The van der Waals surface area contributed by atoms with Crippen LogP contribution in [0, 0.1) is 0 Å². The summed E-state index contributed by atoms with van der Waals surface area (Å²) in [6.45, 7) is 5.54. The van der Waals surface area contributed by atoms with Gasteiger partial charge in [-0.25, -0.2) is 4.98 Å². The maximum Gasteiger partial charge on any atom is 0.257 e. The number of hydrogen-bond donors (Lipinski definition) is 3. The maximum atomic E-state index is 13.4. The first-order chi connectivity index (χ1) is 18.1. The first kappa shape index (κ1) is 23.3. The lowest BCUT2D eigenvalue weighted by Crippen LogP contribution is -2.38. The van der Waals surface area contributed by atoms with Crippen molar-refractivity contribution in [2.24, 2.45) is 0 Å². The van der Waals surface area contributed by atoms with Gasteiger partial charge in [0.2, 0.25) is 0 Å². The molecule has 1 saturated heterocycles. The summed E-state index contributed by atoms with van der Waals surface area (Å²) < 4.78 is 5.39. The fraction of sp³-hybridized carbons (Fsp3) is 0.267. The molecule has 2 aliphatic heterocycles. The third-order valence-corrected chi connectivity index (χ3v) is 7.41. The average molecular weight is 494 g/mol. The Balaban J connectivity index is 1.44. The zero-order valence-corrected chi connectivity index (χ0v) is 21.2. The summed E-state index contributed by atoms with van der Waals surface area (Å²) in [5.74, 6) is 1.27. The molecular weight excluding hydrogens is 462 g/mol. The summed E-state index contributed by atoms with van der Waals surface area (Å²) in [6, 6.07) is 22.3. The number of fused-ring (bicyclic) bond motifs is 2. The number of carbonyl (C=O) groups excluding carboxylic acids is 1. The van der Waals surface area contributed by atoms with Crippen LogP contribution in [0.3, 0.4) is 0 Å². The summed E-state index contributed by atoms with van der Waals surface area (Å²) in [6.07, 6.45) is 2.23. The normalized spacial score (nSPS) is 17.5. The van der Waals surface area contributed by atoms with Crippen LogP contribution in [-0.2, 0) is 4.79 Å². The van der Waals surface area contributed by atoms with E-state index in [1.165, 1.54) is 0 Å². The van der Waals surface area contributed by atoms with E-state index in [0.717, 1.165) is 77.3 Å². The molecule has 0 radical (unpaired) electrons. The molecule has 0 bridgehead atoms. The Morgan fingerprint density at radius 3 is 2.65 bits per heavy atom. The number of amides is 1. The Morgan fingerprint density at radius 1 is 1.08 bits per heavy atom. The largest absolute Gasteiger partial charge is 0.497 e. The van der Waals surface area contributed by atoms with E-state index >= 15 is 0 Å². The number of aromatic amines is 1. The molecule has 188 valence electrons. The molecule has 0 spiro atoms. The summed E-state index contributed by atoms with van der Waals surface area (Å²) >= 11 is 0. The van der Waals surface area contributed by atoms with Crippen LogP contribution in [0.4, 0.5) is 11.4 Å². The van der Waals surface area contributed by atoms with Crippen molar-refractivity contribution in [3.8, 4) is 5.75 Å². The van der Waals surface area contributed by atoms with Crippen molar-refractivity contribution in [3.05, 3.63) is 83.7 Å². The van der Waals surface area contributed by atoms with Crippen molar-refractivity contribution in [2.45, 2.75) is 25.8 Å². The van der Waals surface area contributed by atoms with Gasteiger partial charge in [-0.1, -0.05) is 37.3 Å². The summed E-state index contributed by atoms with van der Waals surface area (Å²) in [5, 5.41) is 6.79. The Hall–Kier alpha value is -4.10. The van der Waals surface area contributed by atoms with E-state index in [4.69, 9.17) is 9.72 Å². The fourth-order valence-corrected chi connectivity index (χ4v) is 5.37. The maximum absolute atomic E-state index is 13.4. The molecule has 3 N–H and O–H groups in total. The van der Waals surface area contributed by atoms with E-state index in [-0.39, 0.29) is 5.91 Å². The van der Waals surface area contributed by atoms with Gasteiger partial charge in [-0.15, -0.1) is 0 Å². The molecule has 1 fully saturated rings. The van der Waals surface area contributed by atoms with Gasteiger partial charge >= 0.3 is 0 Å². The number of carbonyl (C=O) groups is 1. The lowest BCUT2D eigenvalue weighted by atomic mass is 9.94. The molecule has 0 atom stereocenters. The highest BCUT2D eigenvalue weighted by atomic mass is 16.5. The number of rotatable bonds is 6. The molecular formula is C30H31N5O2. The van der Waals surface area contributed by atoms with Gasteiger partial charge in [-0.05, 0) is 55.3 Å². The Labute approximate surface area is 216 Å². The van der Waals surface area contributed by atoms with Gasteiger partial charge in [0.05, 0.1) is 23.7 Å². The molecule has 4 aromatic rings. The molecule has 1 aromatic heterocycles. The van der Waals surface area contributed by atoms with Crippen LogP contribution in [0.15, 0.2) is 66.7 Å². The topological polar surface area (TPSA) is 82.3 Å². The molecule has 0 unspecified atom stereocenters. The minimum atomic E-state index is -0.125. The molecule has 0 aliphatic carbocycles. The third kappa shape index (κ3) is 4.47. The molecule has 7 nitrogen and oxygen atoms in total. The molecule has 2 aliphatic rings. The van der Waals surface area contributed by atoms with Gasteiger partial charge in [-0.2, -0.15) is 0 Å². The number of nitrogens with zero attached hydrogens (tertiary/aromatic N) is 2. The minimum absolute atomic E-state index is 0.125. The molecule has 7 heteroatoms. The van der Waals surface area contributed by atoms with Crippen LogP contribution in [0.1, 0.15) is 36.7 Å². The predicted octanol–water partition coefficient (Wildman–Crippen LogP) is 5.38. The minimum Gasteiger partial charge on any atom is -0.497 e. The Bertz CT molecular complexity index is 1480. The highest BCUT2D eigenvalue weighted by Gasteiger charge is 2.30. The second kappa shape index (κ2) is 9.75. The lowest BCUT2D eigenvalue weighted by molar-refractivity contribution is -0.110. The Kier molecular flexibility index (Phi) is 6.14. The summed E-state index contributed by atoms with van der Waals surface area (Å²) in [4.78, 5) is 24.3. The molecule has 0 saturated carbocycles. The number of nitrogens with one attached hydrogen (secondary N) is 3. The average Bonchev–Trinajstić information content (AvgIpc) is 3.50. The number of ether oxygens (including phenoxy) is 1. The monoisotopic (exact) mass is 493 g/mol. The standard InChI is InChI=1S/C30H31N5O2/c1-3-35-15-13-20(14-16-35)31-21-9-11-24-23(17-21)28(30(36)34-24)27(19-7-5-4-6-8-19)29-32-25-12-10-22(37-2)18-26(25)33-29/h4-12,17-18,20,31H,3,13-16H2,1-2H3,(H,32,33)(H,34,36)/b28-27-. The molecule has 6 rings (SSSR count). The van der Waals surface area contributed by atoms with E-state index in [2.05, 4.69) is 39.6 Å². The lowest BCUT2D eigenvalue weighted by Gasteiger charge is -2.32. The highest BCUT2D eigenvalue weighted by Crippen LogP contribution is 2.41. The van der Waals surface area contributed by atoms with E-state index in [1.54, 1.807) is 7.11 Å². The quantitative estimate of drug-likeness (QED) is 0.314. The van der Waals surface area contributed by atoms with E-state index in [1.807, 2.05) is 54.6 Å². The van der Waals surface area contributed by atoms with E-state index < -0.39 is 0 Å². The molecule has 1 amide bonds. The zero-order chi connectivity index (χ0) is 25.4. The number of methoxy groups -OCH3 is 1. The van der Waals surface area contributed by atoms with Crippen LogP contribution in [0.5, 0.6) is 5.75 Å². The zero-order valence-electron chi connectivity index (χ0n) is 21.2. The first-order valence-electron chi connectivity index (χ1n) is 12.9. The van der Waals surface area contributed by atoms with Crippen molar-refractivity contribution in [1.82, 2.24) is 14.9 Å². The van der Waals surface area contributed by atoms with Gasteiger partial charge in [0.25, 0.3) is 5.91 Å². The number of piperidine rings is 1. The van der Waals surface area contributed by atoms with Crippen molar-refractivity contribution in [3.63, 3.8) is 0 Å². The second-order valence-electron chi connectivity index (χ2n) is 9.65. The summed E-state index contributed by atoms with van der Waals surface area (Å²) in [7, 11) is 1.64. The van der Waals surface area contributed by atoms with Crippen LogP contribution >= 0.6 is 0 Å².